The van der Waals surface area contributed by atoms with Crippen molar-refractivity contribution in [3.63, 3.8) is 0 Å². The summed E-state index contributed by atoms with van der Waals surface area (Å²) in [6, 6.07) is 13.0. The molecule has 0 saturated heterocycles. The van der Waals surface area contributed by atoms with Gasteiger partial charge in [-0.15, -0.1) is 11.3 Å². The molecule has 0 atom stereocenters. The molecule has 1 aromatic carbocycles. The second-order valence-corrected chi connectivity index (χ2v) is 7.18. The largest absolute Gasteiger partial charge is 0.457 e. The van der Waals surface area contributed by atoms with Crippen molar-refractivity contribution in [2.45, 2.75) is 19.4 Å². The van der Waals surface area contributed by atoms with Crippen LogP contribution in [0.2, 0.25) is 0 Å². The van der Waals surface area contributed by atoms with E-state index in [2.05, 4.69) is 11.4 Å². The lowest BCUT2D eigenvalue weighted by molar-refractivity contribution is -0.142. The number of amides is 1. The fourth-order valence-corrected chi connectivity index (χ4v) is 3.53. The topological polar surface area (TPSA) is 101 Å². The van der Waals surface area contributed by atoms with E-state index in [0.29, 0.717) is 23.4 Å². The summed E-state index contributed by atoms with van der Waals surface area (Å²) in [6.07, 6.45) is 2.01. The first-order valence-corrected chi connectivity index (χ1v) is 9.93. The number of benzene rings is 1. The maximum atomic E-state index is 12.6. The Labute approximate surface area is 171 Å². The molecule has 0 aliphatic heterocycles. The number of Topliss-reactive ketones (excluding diaryl/α,β-unsaturated/α-hetero) is 1. The lowest BCUT2D eigenvalue weighted by atomic mass is 10.1. The van der Waals surface area contributed by atoms with Crippen molar-refractivity contribution >= 4 is 39.9 Å². The number of aryl methyl sites for hydroxylation is 1. The number of carbonyl (C=O) groups excluding carboxylic acids is 3. The summed E-state index contributed by atoms with van der Waals surface area (Å²) in [7, 11) is 0. The molecule has 0 radical (unpaired) electrons. The highest BCUT2D eigenvalue weighted by Gasteiger charge is 2.17. The Hall–Kier alpha value is -3.44. The first kappa shape index (κ1) is 20.3. The van der Waals surface area contributed by atoms with Crippen molar-refractivity contribution in [1.29, 1.82) is 5.26 Å². The highest BCUT2D eigenvalue weighted by Crippen LogP contribution is 2.22. The number of thiophene rings is 1. The van der Waals surface area contributed by atoms with Gasteiger partial charge in [-0.1, -0.05) is 24.3 Å². The van der Waals surface area contributed by atoms with E-state index >= 15 is 0 Å². The third-order valence-electron chi connectivity index (χ3n) is 4.28. The lowest BCUT2D eigenvalue weighted by Gasteiger charge is -2.05. The van der Waals surface area contributed by atoms with Crippen molar-refractivity contribution in [3.05, 3.63) is 58.4 Å². The van der Waals surface area contributed by atoms with Gasteiger partial charge in [-0.25, -0.2) is 0 Å². The van der Waals surface area contributed by atoms with Gasteiger partial charge in [0.15, 0.2) is 6.61 Å². The maximum absolute atomic E-state index is 12.6. The minimum absolute atomic E-state index is 0.0195. The fraction of sp³-hybridized carbons (Fsp3) is 0.238. The van der Waals surface area contributed by atoms with Gasteiger partial charge < -0.3 is 14.6 Å². The zero-order chi connectivity index (χ0) is 20.6. The Morgan fingerprint density at radius 2 is 2.00 bits per heavy atom. The lowest BCUT2D eigenvalue weighted by Crippen LogP contribution is -2.26. The predicted molar refractivity (Wildman–Crippen MR) is 109 cm³/mol. The van der Waals surface area contributed by atoms with Crippen molar-refractivity contribution in [3.8, 4) is 6.07 Å². The Kier molecular flexibility index (Phi) is 6.76. The summed E-state index contributed by atoms with van der Waals surface area (Å²) in [5, 5.41) is 14.0. The summed E-state index contributed by atoms with van der Waals surface area (Å²) in [5.74, 6) is -1.11. The van der Waals surface area contributed by atoms with Crippen LogP contribution in [0.3, 0.4) is 0 Å². The Bertz CT molecular complexity index is 1060. The summed E-state index contributed by atoms with van der Waals surface area (Å²) in [5.41, 5.74) is 1.31. The molecule has 0 fully saturated rings. The number of hydrogen-bond donors (Lipinski definition) is 1. The van der Waals surface area contributed by atoms with E-state index in [1.54, 1.807) is 23.7 Å². The Morgan fingerprint density at radius 1 is 1.17 bits per heavy atom. The Balaban J connectivity index is 1.53. The number of carbonyl (C=O) groups is 3. The third-order valence-corrected chi connectivity index (χ3v) is 5.15. The minimum Gasteiger partial charge on any atom is -0.457 e. The average Bonchev–Trinajstić information content (AvgIpc) is 3.39. The molecule has 3 rings (SSSR count). The molecule has 0 spiro atoms. The summed E-state index contributed by atoms with van der Waals surface area (Å²) in [6.45, 7) is 0.245. The molecule has 0 aliphatic rings. The van der Waals surface area contributed by atoms with Crippen molar-refractivity contribution in [2.24, 2.45) is 0 Å². The van der Waals surface area contributed by atoms with Crippen LogP contribution in [0.1, 0.15) is 32.9 Å². The smallest absolute Gasteiger partial charge is 0.308 e. The van der Waals surface area contributed by atoms with E-state index in [0.717, 1.165) is 10.9 Å². The zero-order valence-corrected chi connectivity index (χ0v) is 16.4. The molecule has 2 heterocycles. The average molecular weight is 409 g/mol. The number of aromatic nitrogens is 1. The zero-order valence-electron chi connectivity index (χ0n) is 15.6. The van der Waals surface area contributed by atoms with Gasteiger partial charge in [-0.2, -0.15) is 5.26 Å². The third kappa shape index (κ3) is 5.09. The van der Waals surface area contributed by atoms with Gasteiger partial charge in [0.2, 0.25) is 5.78 Å². The monoisotopic (exact) mass is 409 g/mol. The molecular weight excluding hydrogens is 390 g/mol. The van der Waals surface area contributed by atoms with Gasteiger partial charge in [-0.05, 0) is 17.5 Å². The Morgan fingerprint density at radius 3 is 2.76 bits per heavy atom. The molecule has 2 aromatic heterocycles. The predicted octanol–water partition coefficient (Wildman–Crippen LogP) is 3.16. The number of nitriles is 1. The van der Waals surface area contributed by atoms with E-state index in [9.17, 15) is 14.4 Å². The van der Waals surface area contributed by atoms with Crippen LogP contribution in [0, 0.1) is 11.3 Å². The van der Waals surface area contributed by atoms with E-state index in [4.69, 9.17) is 10.00 Å². The van der Waals surface area contributed by atoms with Crippen molar-refractivity contribution < 1.29 is 19.1 Å². The maximum Gasteiger partial charge on any atom is 0.308 e. The second-order valence-electron chi connectivity index (χ2n) is 6.23. The molecule has 7 nitrogen and oxygen atoms in total. The summed E-state index contributed by atoms with van der Waals surface area (Å²) >= 11 is 1.32. The first-order valence-electron chi connectivity index (χ1n) is 9.05. The quantitative estimate of drug-likeness (QED) is 0.432. The molecule has 0 unspecified atom stereocenters. The van der Waals surface area contributed by atoms with Crippen LogP contribution >= 0.6 is 11.3 Å². The first-order chi connectivity index (χ1) is 14.1. The number of ether oxygens (including phenoxy) is 1. The van der Waals surface area contributed by atoms with E-state index in [1.165, 1.54) is 11.3 Å². The standard InChI is InChI=1S/C21H19N3O4S/c22-9-4-11-24-13-16(15-5-1-2-6-17(15)24)18(25)14-28-20(26)8-10-23-21(27)19-7-3-12-29-19/h1-3,5-7,12-13H,4,8,10-11,14H2,(H,23,27). The molecule has 3 aromatic rings. The highest BCUT2D eigenvalue weighted by atomic mass is 32.1. The molecule has 1 amide bonds. The number of para-hydroxylation sites is 1. The summed E-state index contributed by atoms with van der Waals surface area (Å²) in [4.78, 5) is 36.8. The number of hydrogen-bond acceptors (Lipinski definition) is 6. The number of ketones is 1. The number of fused-ring (bicyclic) bond motifs is 1. The van der Waals surface area contributed by atoms with Crippen molar-refractivity contribution in [2.75, 3.05) is 13.2 Å². The van der Waals surface area contributed by atoms with E-state index < -0.39 is 5.97 Å². The molecule has 1 N–H and O–H groups in total. The van der Waals surface area contributed by atoms with Crippen LogP contribution in [-0.2, 0) is 16.1 Å². The highest BCUT2D eigenvalue weighted by molar-refractivity contribution is 7.12. The number of rotatable bonds is 9. The number of nitrogens with one attached hydrogen (secondary N) is 1. The van der Waals surface area contributed by atoms with E-state index in [-0.39, 0.29) is 31.3 Å². The van der Waals surface area contributed by atoms with Gasteiger partial charge in [0.05, 0.1) is 23.8 Å². The normalized spacial score (nSPS) is 10.4. The summed E-state index contributed by atoms with van der Waals surface area (Å²) < 4.78 is 6.93. The van der Waals surface area contributed by atoms with Gasteiger partial charge >= 0.3 is 5.97 Å². The van der Waals surface area contributed by atoms with E-state index in [1.807, 2.05) is 28.8 Å². The molecule has 148 valence electrons. The van der Waals surface area contributed by atoms with Crippen LogP contribution in [0.5, 0.6) is 0 Å². The van der Waals surface area contributed by atoms with Crippen LogP contribution in [0.15, 0.2) is 48.0 Å². The SMILES string of the molecule is N#CCCn1cc(C(=O)COC(=O)CCNC(=O)c2cccs2)c2ccccc21. The van der Waals surface area contributed by atoms with Gasteiger partial charge in [0.25, 0.3) is 5.91 Å². The molecular formula is C21H19N3O4S. The minimum atomic E-state index is -0.557. The molecule has 29 heavy (non-hydrogen) atoms. The van der Waals surface area contributed by atoms with Crippen LogP contribution in [-0.4, -0.2) is 35.4 Å². The molecule has 8 heteroatoms. The van der Waals surface area contributed by atoms with Crippen LogP contribution < -0.4 is 5.32 Å². The molecule has 0 bridgehead atoms. The second kappa shape index (κ2) is 9.66. The van der Waals surface area contributed by atoms with Crippen LogP contribution in [0.4, 0.5) is 0 Å². The van der Waals surface area contributed by atoms with Crippen molar-refractivity contribution in [1.82, 2.24) is 9.88 Å². The fourth-order valence-electron chi connectivity index (χ4n) is 2.89. The van der Waals surface area contributed by atoms with Gasteiger partial charge in [0.1, 0.15) is 0 Å². The molecule has 0 aliphatic carbocycles. The van der Waals surface area contributed by atoms with Crippen LogP contribution in [0.25, 0.3) is 10.9 Å². The number of nitrogens with zero attached hydrogens (tertiary/aromatic N) is 2. The van der Waals surface area contributed by atoms with Gasteiger partial charge in [-0.3, -0.25) is 14.4 Å². The molecule has 0 saturated carbocycles. The number of esters is 1. The van der Waals surface area contributed by atoms with Gasteiger partial charge in [0, 0.05) is 35.8 Å².